The standard InChI is InChI=1S/C26H22FN5O2S/c27-19-10-12-20(13-11-19)31-14-16-32(17-15-31)26-25(29-22-8-4-5-9-23(22)30-26)24(18-28)35(33,34)21-6-2-1-3-7-21/h1-13,24H,14-17H2. The van der Waals surface area contributed by atoms with E-state index in [0.717, 1.165) is 5.69 Å². The molecule has 0 aliphatic carbocycles. The number of nitrogens with zero attached hydrogens (tertiary/aromatic N) is 5. The maximum atomic E-state index is 13.5. The maximum Gasteiger partial charge on any atom is 0.200 e. The number of aromatic nitrogens is 2. The highest BCUT2D eigenvalue weighted by molar-refractivity contribution is 7.92. The number of benzene rings is 3. The molecule has 176 valence electrons. The molecule has 0 bridgehead atoms. The van der Waals surface area contributed by atoms with Crippen molar-refractivity contribution in [3.63, 3.8) is 0 Å². The molecule has 1 atom stereocenters. The van der Waals surface area contributed by atoms with Crippen LogP contribution in [0.3, 0.4) is 0 Å². The van der Waals surface area contributed by atoms with Gasteiger partial charge >= 0.3 is 0 Å². The molecule has 1 aliphatic heterocycles. The Balaban J connectivity index is 1.53. The van der Waals surface area contributed by atoms with E-state index in [2.05, 4.69) is 9.88 Å². The molecule has 1 fully saturated rings. The average Bonchev–Trinajstić information content (AvgIpc) is 2.90. The van der Waals surface area contributed by atoms with E-state index in [1.807, 2.05) is 23.1 Å². The summed E-state index contributed by atoms with van der Waals surface area (Å²) in [5.41, 5.74) is 2.20. The van der Waals surface area contributed by atoms with Gasteiger partial charge in [0.15, 0.2) is 11.1 Å². The van der Waals surface area contributed by atoms with Crippen molar-refractivity contribution >= 4 is 32.4 Å². The molecule has 4 aromatic rings. The first-order valence-corrected chi connectivity index (χ1v) is 12.7. The van der Waals surface area contributed by atoms with Gasteiger partial charge in [0, 0.05) is 31.9 Å². The van der Waals surface area contributed by atoms with E-state index in [4.69, 9.17) is 4.98 Å². The Morgan fingerprint density at radius 1 is 0.800 bits per heavy atom. The van der Waals surface area contributed by atoms with Crippen molar-refractivity contribution < 1.29 is 12.8 Å². The van der Waals surface area contributed by atoms with Gasteiger partial charge in [-0.2, -0.15) is 5.26 Å². The van der Waals surface area contributed by atoms with Gasteiger partial charge in [0.2, 0.25) is 9.84 Å². The zero-order valence-electron chi connectivity index (χ0n) is 18.8. The van der Waals surface area contributed by atoms with Crippen LogP contribution in [0.5, 0.6) is 0 Å². The summed E-state index contributed by atoms with van der Waals surface area (Å²) < 4.78 is 40.2. The van der Waals surface area contributed by atoms with Crippen molar-refractivity contribution in [1.29, 1.82) is 5.26 Å². The minimum atomic E-state index is -4.03. The van der Waals surface area contributed by atoms with Crippen LogP contribution in [0.2, 0.25) is 0 Å². The van der Waals surface area contributed by atoms with E-state index in [1.165, 1.54) is 24.3 Å². The molecule has 1 aliphatic rings. The first kappa shape index (κ1) is 22.7. The molecule has 1 saturated heterocycles. The van der Waals surface area contributed by atoms with Gasteiger partial charge in [-0.25, -0.2) is 22.8 Å². The van der Waals surface area contributed by atoms with Gasteiger partial charge in [0.1, 0.15) is 11.5 Å². The number of piperazine rings is 1. The summed E-state index contributed by atoms with van der Waals surface area (Å²) in [7, 11) is -4.03. The summed E-state index contributed by atoms with van der Waals surface area (Å²) in [5, 5.41) is 8.52. The Labute approximate surface area is 203 Å². The first-order chi connectivity index (χ1) is 17.0. The van der Waals surface area contributed by atoms with Crippen molar-refractivity contribution in [2.45, 2.75) is 10.1 Å². The molecule has 1 unspecified atom stereocenters. The number of fused-ring (bicyclic) bond motifs is 1. The lowest BCUT2D eigenvalue weighted by Crippen LogP contribution is -2.47. The zero-order chi connectivity index (χ0) is 24.4. The molecule has 0 spiro atoms. The fourth-order valence-corrected chi connectivity index (χ4v) is 5.66. The third-order valence-corrected chi connectivity index (χ3v) is 7.98. The fourth-order valence-electron chi connectivity index (χ4n) is 4.27. The second-order valence-electron chi connectivity index (χ2n) is 8.24. The third-order valence-electron chi connectivity index (χ3n) is 6.10. The summed E-state index contributed by atoms with van der Waals surface area (Å²) in [6.45, 7) is 2.34. The van der Waals surface area contributed by atoms with Gasteiger partial charge in [0.05, 0.1) is 22.0 Å². The van der Waals surface area contributed by atoms with Crippen LogP contribution >= 0.6 is 0 Å². The monoisotopic (exact) mass is 487 g/mol. The Bertz CT molecular complexity index is 1500. The van der Waals surface area contributed by atoms with Crippen LogP contribution in [0.25, 0.3) is 11.0 Å². The van der Waals surface area contributed by atoms with Crippen molar-refractivity contribution in [3.8, 4) is 6.07 Å². The van der Waals surface area contributed by atoms with Gasteiger partial charge < -0.3 is 9.80 Å². The highest BCUT2D eigenvalue weighted by Crippen LogP contribution is 2.34. The SMILES string of the molecule is N#CC(c1nc2ccccc2nc1N1CCN(c2ccc(F)cc2)CC1)S(=O)(=O)c1ccccc1. The number of halogens is 1. The molecule has 9 heteroatoms. The van der Waals surface area contributed by atoms with Gasteiger partial charge in [-0.05, 0) is 48.5 Å². The van der Waals surface area contributed by atoms with E-state index in [9.17, 15) is 18.1 Å². The molecular formula is C26H22FN5O2S. The van der Waals surface area contributed by atoms with Crippen molar-refractivity contribution in [1.82, 2.24) is 9.97 Å². The third kappa shape index (κ3) is 4.40. The summed E-state index contributed by atoms with van der Waals surface area (Å²) in [5.74, 6) is 0.110. The highest BCUT2D eigenvalue weighted by atomic mass is 32.2. The number of anilines is 2. The lowest BCUT2D eigenvalue weighted by molar-refractivity contribution is 0.589. The molecule has 2 heterocycles. The quantitative estimate of drug-likeness (QED) is 0.418. The van der Waals surface area contributed by atoms with Crippen molar-refractivity contribution in [2.24, 2.45) is 0 Å². The molecule has 0 amide bonds. The predicted molar refractivity (Wildman–Crippen MR) is 132 cm³/mol. The Morgan fingerprint density at radius 2 is 1.37 bits per heavy atom. The summed E-state index contributed by atoms with van der Waals surface area (Å²) in [6.07, 6.45) is 0. The largest absolute Gasteiger partial charge is 0.368 e. The van der Waals surface area contributed by atoms with Crippen LogP contribution in [0.1, 0.15) is 10.9 Å². The van der Waals surface area contributed by atoms with Gasteiger partial charge in [-0.3, -0.25) is 0 Å². The first-order valence-electron chi connectivity index (χ1n) is 11.2. The minimum Gasteiger partial charge on any atom is -0.368 e. The van der Waals surface area contributed by atoms with Crippen molar-refractivity contribution in [3.05, 3.63) is 90.4 Å². The fraction of sp³-hybridized carbons (Fsp3) is 0.192. The molecule has 1 aromatic heterocycles. The molecule has 35 heavy (non-hydrogen) atoms. The van der Waals surface area contributed by atoms with E-state index >= 15 is 0 Å². The van der Waals surface area contributed by atoms with Crippen LogP contribution in [0.15, 0.2) is 83.8 Å². The van der Waals surface area contributed by atoms with E-state index in [0.29, 0.717) is 43.0 Å². The molecular weight excluding hydrogens is 465 g/mol. The number of nitriles is 1. The topological polar surface area (TPSA) is 90.2 Å². The molecule has 5 rings (SSSR count). The summed E-state index contributed by atoms with van der Waals surface area (Å²) in [4.78, 5) is 13.6. The molecule has 0 radical (unpaired) electrons. The Kier molecular flexibility index (Phi) is 6.05. The van der Waals surface area contributed by atoms with Crippen LogP contribution in [0, 0.1) is 17.1 Å². The van der Waals surface area contributed by atoms with Gasteiger partial charge in [-0.1, -0.05) is 30.3 Å². The van der Waals surface area contributed by atoms with Crippen LogP contribution in [0.4, 0.5) is 15.9 Å². The van der Waals surface area contributed by atoms with E-state index < -0.39 is 15.1 Å². The zero-order valence-corrected chi connectivity index (χ0v) is 19.6. The van der Waals surface area contributed by atoms with Crippen LogP contribution < -0.4 is 9.80 Å². The molecule has 0 N–H and O–H groups in total. The predicted octanol–water partition coefficient (Wildman–Crippen LogP) is 4.13. The normalized spacial score (nSPS) is 15.1. The summed E-state index contributed by atoms with van der Waals surface area (Å²) >= 11 is 0. The molecule has 7 nitrogen and oxygen atoms in total. The van der Waals surface area contributed by atoms with E-state index in [-0.39, 0.29) is 16.4 Å². The second kappa shape index (κ2) is 9.31. The Morgan fingerprint density at radius 3 is 2.00 bits per heavy atom. The Hall–Kier alpha value is -4.03. The highest BCUT2D eigenvalue weighted by Gasteiger charge is 2.35. The molecule has 0 saturated carbocycles. The smallest absolute Gasteiger partial charge is 0.200 e. The van der Waals surface area contributed by atoms with Crippen LogP contribution in [-0.4, -0.2) is 44.6 Å². The van der Waals surface area contributed by atoms with Crippen LogP contribution in [-0.2, 0) is 9.84 Å². The summed E-state index contributed by atoms with van der Waals surface area (Å²) in [6, 6.07) is 23.5. The number of rotatable bonds is 5. The second-order valence-corrected chi connectivity index (χ2v) is 10.3. The van der Waals surface area contributed by atoms with Crippen molar-refractivity contribution in [2.75, 3.05) is 36.0 Å². The number of hydrogen-bond acceptors (Lipinski definition) is 7. The average molecular weight is 488 g/mol. The lowest BCUT2D eigenvalue weighted by atomic mass is 10.2. The number of hydrogen-bond donors (Lipinski definition) is 0. The van der Waals surface area contributed by atoms with Gasteiger partial charge in [-0.15, -0.1) is 0 Å². The maximum absolute atomic E-state index is 13.5. The van der Waals surface area contributed by atoms with E-state index in [1.54, 1.807) is 42.5 Å². The number of sulfone groups is 1. The number of para-hydroxylation sites is 2. The minimum absolute atomic E-state index is 0.0635. The van der Waals surface area contributed by atoms with Gasteiger partial charge in [0.25, 0.3) is 0 Å². The molecule has 3 aromatic carbocycles. The lowest BCUT2D eigenvalue weighted by Gasteiger charge is -2.37.